The van der Waals surface area contributed by atoms with Crippen molar-refractivity contribution in [2.45, 2.75) is 44.8 Å². The van der Waals surface area contributed by atoms with Crippen molar-refractivity contribution in [2.24, 2.45) is 12.8 Å². The number of thiophene rings is 1. The highest BCUT2D eigenvalue weighted by Gasteiger charge is 2.25. The Morgan fingerprint density at radius 2 is 2.23 bits per heavy atom. The van der Waals surface area contributed by atoms with E-state index in [1.165, 1.54) is 41.1 Å². The first kappa shape index (κ1) is 17.5. The van der Waals surface area contributed by atoms with Crippen LogP contribution in [0.15, 0.2) is 24.5 Å². The first-order valence-corrected chi connectivity index (χ1v) is 8.52. The van der Waals surface area contributed by atoms with E-state index in [1.54, 1.807) is 0 Å². The highest BCUT2D eigenvalue weighted by Crippen LogP contribution is 2.30. The van der Waals surface area contributed by atoms with Crippen LogP contribution in [-0.4, -0.2) is 33.3 Å². The summed E-state index contributed by atoms with van der Waals surface area (Å²) >= 11 is 1.87. The van der Waals surface area contributed by atoms with Crippen molar-refractivity contribution in [1.82, 2.24) is 14.7 Å². The first-order valence-electron chi connectivity index (χ1n) is 7.71. The second-order valence-corrected chi connectivity index (χ2v) is 7.23. The fourth-order valence-corrected chi connectivity index (χ4v) is 4.18. The molecule has 6 heteroatoms. The zero-order chi connectivity index (χ0) is 14.8. The predicted octanol–water partition coefficient (Wildman–Crippen LogP) is 3.27. The van der Waals surface area contributed by atoms with Gasteiger partial charge in [0.05, 0.1) is 6.20 Å². The van der Waals surface area contributed by atoms with Crippen molar-refractivity contribution in [3.8, 4) is 10.4 Å². The molecule has 1 fully saturated rings. The number of nitrogens with two attached hydrogens (primary N) is 1. The summed E-state index contributed by atoms with van der Waals surface area (Å²) < 4.78 is 1.85. The van der Waals surface area contributed by atoms with Gasteiger partial charge in [-0.05, 0) is 38.4 Å². The van der Waals surface area contributed by atoms with Crippen molar-refractivity contribution < 1.29 is 0 Å². The quantitative estimate of drug-likeness (QED) is 0.929. The molecule has 0 aromatic carbocycles. The first-order chi connectivity index (χ1) is 10.1. The van der Waals surface area contributed by atoms with Crippen LogP contribution >= 0.6 is 23.7 Å². The third-order valence-corrected chi connectivity index (χ3v) is 5.40. The standard InChI is InChI=1S/C16H24N4S.ClH/c1-12(17)15-5-3-4-8-20(15)11-14-6-7-16(21-14)13-9-18-19(2)10-13;/h6-7,9-10,12,15H,3-5,8,11,17H2,1-2H3;1H. The zero-order valence-electron chi connectivity index (χ0n) is 13.2. The molecule has 0 amide bonds. The molecule has 2 aromatic rings. The molecule has 2 aromatic heterocycles. The van der Waals surface area contributed by atoms with Gasteiger partial charge >= 0.3 is 0 Å². The van der Waals surface area contributed by atoms with Crippen LogP contribution < -0.4 is 5.73 Å². The number of aromatic nitrogens is 2. The smallest absolute Gasteiger partial charge is 0.0576 e. The van der Waals surface area contributed by atoms with Gasteiger partial charge in [-0.1, -0.05) is 6.42 Å². The highest BCUT2D eigenvalue weighted by molar-refractivity contribution is 7.15. The number of likely N-dealkylation sites (tertiary alicyclic amines) is 1. The molecule has 2 unspecified atom stereocenters. The summed E-state index contributed by atoms with van der Waals surface area (Å²) in [5.74, 6) is 0. The molecule has 2 atom stereocenters. The van der Waals surface area contributed by atoms with Crippen molar-refractivity contribution in [3.05, 3.63) is 29.4 Å². The normalized spacial score (nSPS) is 20.6. The molecule has 1 saturated heterocycles. The topological polar surface area (TPSA) is 47.1 Å². The fourth-order valence-electron chi connectivity index (χ4n) is 3.18. The van der Waals surface area contributed by atoms with E-state index < -0.39 is 0 Å². The summed E-state index contributed by atoms with van der Waals surface area (Å²) in [4.78, 5) is 5.28. The Bertz CT molecular complexity index is 592. The second-order valence-electron chi connectivity index (χ2n) is 6.06. The number of nitrogens with zero attached hydrogens (tertiary/aromatic N) is 3. The number of halogens is 1. The van der Waals surface area contributed by atoms with Gasteiger partial charge < -0.3 is 5.73 Å². The molecule has 0 bridgehead atoms. The number of rotatable bonds is 4. The van der Waals surface area contributed by atoms with E-state index in [1.807, 2.05) is 29.3 Å². The molecule has 0 spiro atoms. The molecule has 122 valence electrons. The van der Waals surface area contributed by atoms with Gasteiger partial charge in [0.2, 0.25) is 0 Å². The predicted molar refractivity (Wildman–Crippen MR) is 95.5 cm³/mol. The number of hydrogen-bond donors (Lipinski definition) is 1. The molecular formula is C16H25ClN4S. The number of hydrogen-bond acceptors (Lipinski definition) is 4. The Morgan fingerprint density at radius 1 is 1.41 bits per heavy atom. The molecule has 0 radical (unpaired) electrons. The average Bonchev–Trinajstić information content (AvgIpc) is 3.08. The van der Waals surface area contributed by atoms with E-state index in [-0.39, 0.29) is 18.4 Å². The van der Waals surface area contributed by atoms with Crippen molar-refractivity contribution in [2.75, 3.05) is 6.54 Å². The summed E-state index contributed by atoms with van der Waals surface area (Å²) in [6.45, 7) is 4.34. The Morgan fingerprint density at radius 3 is 2.91 bits per heavy atom. The average molecular weight is 341 g/mol. The number of aryl methyl sites for hydroxylation is 1. The summed E-state index contributed by atoms with van der Waals surface area (Å²) in [5.41, 5.74) is 7.37. The van der Waals surface area contributed by atoms with Crippen molar-refractivity contribution >= 4 is 23.7 Å². The van der Waals surface area contributed by atoms with Crippen LogP contribution in [0.3, 0.4) is 0 Å². The van der Waals surface area contributed by atoms with E-state index in [0.29, 0.717) is 6.04 Å². The largest absolute Gasteiger partial charge is 0.327 e. The molecule has 1 aliphatic heterocycles. The monoisotopic (exact) mass is 340 g/mol. The Kier molecular flexibility index (Phi) is 6.03. The summed E-state index contributed by atoms with van der Waals surface area (Å²) in [6.07, 6.45) is 7.85. The maximum absolute atomic E-state index is 6.16. The van der Waals surface area contributed by atoms with Crippen LogP contribution in [-0.2, 0) is 13.6 Å². The summed E-state index contributed by atoms with van der Waals surface area (Å²) in [5, 5.41) is 4.25. The minimum atomic E-state index is 0. The van der Waals surface area contributed by atoms with Gasteiger partial charge in [-0.3, -0.25) is 9.58 Å². The van der Waals surface area contributed by atoms with Gasteiger partial charge in [0.15, 0.2) is 0 Å². The fraction of sp³-hybridized carbons (Fsp3) is 0.562. The van der Waals surface area contributed by atoms with Crippen LogP contribution in [0.4, 0.5) is 0 Å². The van der Waals surface area contributed by atoms with Crippen molar-refractivity contribution in [1.29, 1.82) is 0 Å². The van der Waals surface area contributed by atoms with E-state index in [0.717, 1.165) is 6.54 Å². The number of piperidine rings is 1. The summed E-state index contributed by atoms with van der Waals surface area (Å²) in [6, 6.07) is 5.24. The van der Waals surface area contributed by atoms with Crippen LogP contribution in [0.1, 0.15) is 31.1 Å². The molecule has 0 aliphatic carbocycles. The van der Waals surface area contributed by atoms with Crippen molar-refractivity contribution in [3.63, 3.8) is 0 Å². The van der Waals surface area contributed by atoms with E-state index >= 15 is 0 Å². The lowest BCUT2D eigenvalue weighted by Gasteiger charge is -2.37. The third kappa shape index (κ3) is 3.90. The lowest BCUT2D eigenvalue weighted by atomic mass is 9.97. The van der Waals surface area contributed by atoms with Gasteiger partial charge in [0, 0.05) is 47.2 Å². The van der Waals surface area contributed by atoms with Gasteiger partial charge in [-0.15, -0.1) is 23.7 Å². The molecule has 1 aliphatic rings. The molecule has 4 nitrogen and oxygen atoms in total. The molecular weight excluding hydrogens is 316 g/mol. The lowest BCUT2D eigenvalue weighted by molar-refractivity contribution is 0.124. The van der Waals surface area contributed by atoms with Crippen LogP contribution in [0, 0.1) is 0 Å². The minimum Gasteiger partial charge on any atom is -0.327 e. The molecule has 3 heterocycles. The third-order valence-electron chi connectivity index (χ3n) is 4.28. The molecule has 2 N–H and O–H groups in total. The molecule has 22 heavy (non-hydrogen) atoms. The lowest BCUT2D eigenvalue weighted by Crippen LogP contribution is -2.48. The summed E-state index contributed by atoms with van der Waals surface area (Å²) in [7, 11) is 1.96. The van der Waals surface area contributed by atoms with Gasteiger partial charge in [-0.25, -0.2) is 0 Å². The Hall–Kier alpha value is -0.880. The van der Waals surface area contributed by atoms with Gasteiger partial charge in [-0.2, -0.15) is 5.10 Å². The maximum atomic E-state index is 6.16. The van der Waals surface area contributed by atoms with Crippen LogP contribution in [0.5, 0.6) is 0 Å². The zero-order valence-corrected chi connectivity index (χ0v) is 14.9. The van der Waals surface area contributed by atoms with Gasteiger partial charge in [0.1, 0.15) is 0 Å². The van der Waals surface area contributed by atoms with E-state index in [4.69, 9.17) is 5.73 Å². The SMILES string of the molecule is CC(N)C1CCCCN1Cc1ccc(-c2cnn(C)c2)s1.Cl. The molecule has 0 saturated carbocycles. The maximum Gasteiger partial charge on any atom is 0.0576 e. The second kappa shape index (κ2) is 7.59. The van der Waals surface area contributed by atoms with Crippen LogP contribution in [0.2, 0.25) is 0 Å². The van der Waals surface area contributed by atoms with Gasteiger partial charge in [0.25, 0.3) is 0 Å². The minimum absolute atomic E-state index is 0. The van der Waals surface area contributed by atoms with E-state index in [9.17, 15) is 0 Å². The van der Waals surface area contributed by atoms with Crippen LogP contribution in [0.25, 0.3) is 10.4 Å². The Labute approximate surface area is 142 Å². The van der Waals surface area contributed by atoms with E-state index in [2.05, 4.69) is 35.3 Å². The molecule has 3 rings (SSSR count). The Balaban J connectivity index is 0.00000176. The highest BCUT2D eigenvalue weighted by atomic mass is 35.5.